The molecule has 0 saturated carbocycles. The molecule has 1 heterocycles. The second-order valence-electron chi connectivity index (χ2n) is 7.63. The predicted molar refractivity (Wildman–Crippen MR) is 121 cm³/mol. The maximum atomic E-state index is 13.9. The van der Waals surface area contributed by atoms with Crippen LogP contribution in [0.1, 0.15) is 54.7 Å². The van der Waals surface area contributed by atoms with E-state index in [4.69, 9.17) is 9.73 Å². The fourth-order valence-electron chi connectivity index (χ4n) is 3.95. The van der Waals surface area contributed by atoms with Gasteiger partial charge in [-0.25, -0.2) is 4.39 Å². The van der Waals surface area contributed by atoms with Crippen molar-refractivity contribution in [2.45, 2.75) is 38.9 Å². The zero-order valence-corrected chi connectivity index (χ0v) is 17.8. The highest BCUT2D eigenvalue weighted by Gasteiger charge is 2.28. The van der Waals surface area contributed by atoms with Crippen molar-refractivity contribution in [1.29, 1.82) is 0 Å². The normalized spacial score (nSPS) is 18.5. The minimum atomic E-state index is -0.426. The van der Waals surface area contributed by atoms with E-state index in [1.54, 1.807) is 12.1 Å². The van der Waals surface area contributed by atoms with Crippen LogP contribution in [0.2, 0.25) is 0 Å². The highest BCUT2D eigenvalue weighted by Crippen LogP contribution is 2.38. The van der Waals surface area contributed by atoms with Gasteiger partial charge in [-0.3, -0.25) is 10.3 Å². The summed E-state index contributed by atoms with van der Waals surface area (Å²) >= 11 is 0. The van der Waals surface area contributed by atoms with Crippen LogP contribution in [0, 0.1) is 5.82 Å². The molecule has 0 spiro atoms. The van der Waals surface area contributed by atoms with E-state index in [9.17, 15) is 9.50 Å². The van der Waals surface area contributed by atoms with Gasteiger partial charge in [0.05, 0.1) is 6.61 Å². The van der Waals surface area contributed by atoms with Gasteiger partial charge in [0.25, 0.3) is 0 Å². The fourth-order valence-corrected chi connectivity index (χ4v) is 3.95. The standard InChI is InChI=1S/C26H27FN2O2/c1-3-17-11-13-18(14-12-17)22-16-23(21-9-6-10-24(25(21)30)31-4-2)29-26(28-22)19-7-5-8-20(27)15-19/h5-15,23,26,29-30H,3-4,16H2,1-2H3/t23-,26+/m0/s1. The van der Waals surface area contributed by atoms with Crippen molar-refractivity contribution in [1.82, 2.24) is 5.32 Å². The molecule has 0 amide bonds. The summed E-state index contributed by atoms with van der Waals surface area (Å²) in [4.78, 5) is 4.91. The van der Waals surface area contributed by atoms with E-state index < -0.39 is 6.17 Å². The number of phenols is 1. The number of aryl methyl sites for hydroxylation is 1. The second-order valence-corrected chi connectivity index (χ2v) is 7.63. The minimum Gasteiger partial charge on any atom is -0.504 e. The van der Waals surface area contributed by atoms with E-state index in [1.165, 1.54) is 17.7 Å². The molecule has 0 aliphatic carbocycles. The summed E-state index contributed by atoms with van der Waals surface area (Å²) in [5.74, 6) is 0.287. The Balaban J connectivity index is 1.74. The maximum absolute atomic E-state index is 13.9. The molecule has 160 valence electrons. The summed E-state index contributed by atoms with van der Waals surface area (Å²) in [6, 6.07) is 20.2. The van der Waals surface area contributed by atoms with Crippen LogP contribution in [0.25, 0.3) is 0 Å². The molecular formula is C26H27FN2O2. The van der Waals surface area contributed by atoms with Crippen LogP contribution in [0.5, 0.6) is 11.5 Å². The molecule has 1 aliphatic heterocycles. The van der Waals surface area contributed by atoms with Gasteiger partial charge in [-0.05, 0) is 48.2 Å². The minimum absolute atomic E-state index is 0.127. The highest BCUT2D eigenvalue weighted by molar-refractivity contribution is 6.01. The van der Waals surface area contributed by atoms with Gasteiger partial charge in [0, 0.05) is 23.7 Å². The number of aliphatic imine (C=N–C) groups is 1. The summed E-state index contributed by atoms with van der Waals surface area (Å²) < 4.78 is 19.5. The van der Waals surface area contributed by atoms with Gasteiger partial charge < -0.3 is 9.84 Å². The molecule has 31 heavy (non-hydrogen) atoms. The Morgan fingerprint density at radius 2 is 1.84 bits per heavy atom. The van der Waals surface area contributed by atoms with Gasteiger partial charge in [-0.2, -0.15) is 0 Å². The number of nitrogens with one attached hydrogen (secondary N) is 1. The molecule has 2 atom stereocenters. The van der Waals surface area contributed by atoms with Crippen LogP contribution < -0.4 is 10.1 Å². The van der Waals surface area contributed by atoms with Gasteiger partial charge in [0.15, 0.2) is 11.5 Å². The Morgan fingerprint density at radius 3 is 2.55 bits per heavy atom. The number of halogens is 1. The first-order valence-electron chi connectivity index (χ1n) is 10.7. The monoisotopic (exact) mass is 418 g/mol. The third-order valence-corrected chi connectivity index (χ3v) is 5.61. The third kappa shape index (κ3) is 4.62. The number of benzene rings is 3. The predicted octanol–water partition coefficient (Wildman–Crippen LogP) is 5.71. The SMILES string of the molecule is CCOc1cccc([C@@H]2CC(c3ccc(CC)cc3)=N[C@@H](c3cccc(F)c3)N2)c1O. The maximum Gasteiger partial charge on any atom is 0.162 e. The lowest BCUT2D eigenvalue weighted by Gasteiger charge is -2.31. The Labute approximate surface area is 182 Å². The first kappa shape index (κ1) is 21.1. The first-order valence-corrected chi connectivity index (χ1v) is 10.7. The molecule has 3 aromatic carbocycles. The average Bonchev–Trinajstić information content (AvgIpc) is 2.80. The molecular weight excluding hydrogens is 391 g/mol. The Morgan fingerprint density at radius 1 is 1.06 bits per heavy atom. The number of aromatic hydroxyl groups is 1. The van der Waals surface area contributed by atoms with Crippen molar-refractivity contribution >= 4 is 5.71 Å². The van der Waals surface area contributed by atoms with Crippen molar-refractivity contribution in [3.8, 4) is 11.5 Å². The van der Waals surface area contributed by atoms with Gasteiger partial charge >= 0.3 is 0 Å². The molecule has 1 aliphatic rings. The zero-order valence-electron chi connectivity index (χ0n) is 17.8. The average molecular weight is 419 g/mol. The van der Waals surface area contributed by atoms with Gasteiger partial charge in [0.2, 0.25) is 0 Å². The number of rotatable bonds is 6. The fraction of sp³-hybridized carbons (Fsp3) is 0.269. The number of ether oxygens (including phenoxy) is 1. The second kappa shape index (κ2) is 9.31. The molecule has 0 unspecified atom stereocenters. The van der Waals surface area contributed by atoms with Crippen LogP contribution in [0.15, 0.2) is 71.7 Å². The number of nitrogens with zero attached hydrogens (tertiary/aromatic N) is 1. The zero-order chi connectivity index (χ0) is 21.8. The molecule has 2 N–H and O–H groups in total. The molecule has 3 aromatic rings. The molecule has 4 rings (SSSR count). The number of hydrogen-bond acceptors (Lipinski definition) is 4. The lowest BCUT2D eigenvalue weighted by molar-refractivity contribution is 0.313. The quantitative estimate of drug-likeness (QED) is 0.539. The molecule has 0 radical (unpaired) electrons. The first-order chi connectivity index (χ1) is 15.1. The smallest absolute Gasteiger partial charge is 0.162 e. The Kier molecular flexibility index (Phi) is 6.33. The topological polar surface area (TPSA) is 53.8 Å². The Bertz CT molecular complexity index is 1080. The summed E-state index contributed by atoms with van der Waals surface area (Å²) in [6.45, 7) is 4.48. The lowest BCUT2D eigenvalue weighted by Crippen LogP contribution is -2.33. The molecule has 4 nitrogen and oxygen atoms in total. The van der Waals surface area contributed by atoms with Crippen molar-refractivity contribution in [3.63, 3.8) is 0 Å². The molecule has 0 fully saturated rings. The highest BCUT2D eigenvalue weighted by atomic mass is 19.1. The van der Waals surface area contributed by atoms with Crippen molar-refractivity contribution in [3.05, 3.63) is 94.8 Å². The number of hydrogen-bond donors (Lipinski definition) is 2. The van der Waals surface area contributed by atoms with Gasteiger partial charge in [-0.15, -0.1) is 0 Å². The molecule has 0 bridgehead atoms. The van der Waals surface area contributed by atoms with Crippen molar-refractivity contribution < 1.29 is 14.2 Å². The van der Waals surface area contributed by atoms with E-state index in [-0.39, 0.29) is 17.6 Å². The molecule has 0 aromatic heterocycles. The largest absolute Gasteiger partial charge is 0.504 e. The van der Waals surface area contributed by atoms with Gasteiger partial charge in [0.1, 0.15) is 12.0 Å². The summed E-state index contributed by atoms with van der Waals surface area (Å²) in [5, 5.41) is 14.3. The van der Waals surface area contributed by atoms with Crippen LogP contribution in [-0.4, -0.2) is 17.4 Å². The van der Waals surface area contributed by atoms with E-state index >= 15 is 0 Å². The van der Waals surface area contributed by atoms with E-state index in [0.717, 1.165) is 28.8 Å². The summed E-state index contributed by atoms with van der Waals surface area (Å²) in [7, 11) is 0. The lowest BCUT2D eigenvalue weighted by atomic mass is 9.93. The Hall–Kier alpha value is -3.18. The van der Waals surface area contributed by atoms with Crippen LogP contribution >= 0.6 is 0 Å². The van der Waals surface area contributed by atoms with E-state index in [0.29, 0.717) is 18.8 Å². The molecule has 5 heteroatoms. The van der Waals surface area contributed by atoms with Crippen LogP contribution in [0.4, 0.5) is 4.39 Å². The molecule has 0 saturated heterocycles. The van der Waals surface area contributed by atoms with E-state index in [1.807, 2.05) is 25.1 Å². The summed E-state index contributed by atoms with van der Waals surface area (Å²) in [5.41, 5.74) is 4.70. The van der Waals surface area contributed by atoms with Crippen molar-refractivity contribution in [2.24, 2.45) is 4.99 Å². The summed E-state index contributed by atoms with van der Waals surface area (Å²) in [6.07, 6.45) is 1.15. The van der Waals surface area contributed by atoms with Crippen LogP contribution in [0.3, 0.4) is 0 Å². The van der Waals surface area contributed by atoms with Crippen molar-refractivity contribution in [2.75, 3.05) is 6.61 Å². The van der Waals surface area contributed by atoms with Gasteiger partial charge in [-0.1, -0.05) is 55.5 Å². The van der Waals surface area contributed by atoms with Crippen LogP contribution in [-0.2, 0) is 6.42 Å². The number of para-hydroxylation sites is 1. The van der Waals surface area contributed by atoms with E-state index in [2.05, 4.69) is 36.5 Å². The third-order valence-electron chi connectivity index (χ3n) is 5.61. The number of phenolic OH excluding ortho intramolecular Hbond substituents is 1.